The fourth-order valence-electron chi connectivity index (χ4n) is 2.59. The van der Waals surface area contributed by atoms with Gasteiger partial charge in [-0.3, -0.25) is 19.2 Å². The third kappa shape index (κ3) is 5.27. The van der Waals surface area contributed by atoms with E-state index in [9.17, 15) is 13.2 Å². The molecule has 0 spiro atoms. The van der Waals surface area contributed by atoms with Crippen LogP contribution in [0.1, 0.15) is 5.56 Å². The number of benzene rings is 1. The summed E-state index contributed by atoms with van der Waals surface area (Å²) < 4.78 is 26.7. The third-order valence-electron chi connectivity index (χ3n) is 3.72. The lowest BCUT2D eigenvalue weighted by Crippen LogP contribution is -2.11. The van der Waals surface area contributed by atoms with Gasteiger partial charge in [0.2, 0.25) is 15.9 Å². The molecule has 0 saturated heterocycles. The van der Waals surface area contributed by atoms with E-state index in [1.165, 1.54) is 12.1 Å². The van der Waals surface area contributed by atoms with E-state index in [-0.39, 0.29) is 5.91 Å². The molecule has 2 aromatic heterocycles. The Morgan fingerprint density at radius 1 is 1.18 bits per heavy atom. The van der Waals surface area contributed by atoms with E-state index in [1.54, 1.807) is 47.5 Å². The topological polar surface area (TPSA) is 106 Å². The summed E-state index contributed by atoms with van der Waals surface area (Å²) in [7, 11) is -1.55. The van der Waals surface area contributed by atoms with Crippen molar-refractivity contribution in [2.45, 2.75) is 0 Å². The molecule has 1 aromatic carbocycles. The highest BCUT2D eigenvalue weighted by Crippen LogP contribution is 2.23. The van der Waals surface area contributed by atoms with Gasteiger partial charge in [0.25, 0.3) is 0 Å². The minimum atomic E-state index is -3.39. The molecule has 0 unspecified atom stereocenters. The first-order valence-corrected chi connectivity index (χ1v) is 10.2. The largest absolute Gasteiger partial charge is 0.322 e. The van der Waals surface area contributed by atoms with E-state index in [0.29, 0.717) is 11.4 Å². The predicted octanol–water partition coefficient (Wildman–Crippen LogP) is 2.51. The van der Waals surface area contributed by atoms with Crippen LogP contribution in [0.15, 0.2) is 61.2 Å². The highest BCUT2D eigenvalue weighted by molar-refractivity contribution is 7.92. The molecule has 28 heavy (non-hydrogen) atoms. The molecular formula is C19H19N5O3S. The molecule has 0 bridgehead atoms. The number of hydrogen-bond acceptors (Lipinski definition) is 5. The molecule has 0 saturated carbocycles. The van der Waals surface area contributed by atoms with Crippen molar-refractivity contribution in [3.63, 3.8) is 0 Å². The summed E-state index contributed by atoms with van der Waals surface area (Å²) in [6, 6.07) is 8.31. The van der Waals surface area contributed by atoms with Crippen LogP contribution in [0.3, 0.4) is 0 Å². The minimum absolute atomic E-state index is 0.350. The van der Waals surface area contributed by atoms with E-state index in [1.807, 2.05) is 19.3 Å². The summed E-state index contributed by atoms with van der Waals surface area (Å²) >= 11 is 0. The average Bonchev–Trinajstić information content (AvgIpc) is 3.05. The second kappa shape index (κ2) is 8.05. The maximum Gasteiger partial charge on any atom is 0.248 e. The number of nitrogens with one attached hydrogen (secondary N) is 2. The molecule has 8 nitrogen and oxygen atoms in total. The van der Waals surface area contributed by atoms with E-state index in [2.05, 4.69) is 20.1 Å². The summed E-state index contributed by atoms with van der Waals surface area (Å²) in [6.07, 6.45) is 11.1. The van der Waals surface area contributed by atoms with Crippen LogP contribution in [0.25, 0.3) is 17.2 Å². The van der Waals surface area contributed by atoms with E-state index >= 15 is 0 Å². The fraction of sp³-hybridized carbons (Fsp3) is 0.105. The number of pyridine rings is 1. The first-order chi connectivity index (χ1) is 13.3. The summed E-state index contributed by atoms with van der Waals surface area (Å²) in [4.78, 5) is 16.4. The van der Waals surface area contributed by atoms with E-state index in [4.69, 9.17) is 0 Å². The number of sulfonamides is 1. The molecular weight excluding hydrogens is 378 g/mol. The molecule has 0 aliphatic carbocycles. The Kier molecular flexibility index (Phi) is 5.55. The molecule has 1 amide bonds. The van der Waals surface area contributed by atoms with Gasteiger partial charge in [0.1, 0.15) is 0 Å². The molecule has 0 aliphatic heterocycles. The Hall–Kier alpha value is -3.46. The Morgan fingerprint density at radius 2 is 1.96 bits per heavy atom. The van der Waals surface area contributed by atoms with Crippen LogP contribution < -0.4 is 10.0 Å². The number of aryl methyl sites for hydroxylation is 1. The maximum atomic E-state index is 12.3. The quantitative estimate of drug-likeness (QED) is 0.622. The Morgan fingerprint density at radius 3 is 2.68 bits per heavy atom. The van der Waals surface area contributed by atoms with Gasteiger partial charge < -0.3 is 5.32 Å². The highest BCUT2D eigenvalue weighted by atomic mass is 32.2. The van der Waals surface area contributed by atoms with Gasteiger partial charge in [-0.1, -0.05) is 6.07 Å². The van der Waals surface area contributed by atoms with Crippen molar-refractivity contribution in [3.8, 4) is 11.1 Å². The lowest BCUT2D eigenvalue weighted by molar-refractivity contribution is -0.111. The normalized spacial score (nSPS) is 11.5. The molecule has 0 radical (unpaired) electrons. The molecule has 3 rings (SSSR count). The zero-order chi connectivity index (χ0) is 20.1. The number of amides is 1. The zero-order valence-corrected chi connectivity index (χ0v) is 16.1. The van der Waals surface area contributed by atoms with Gasteiger partial charge in [-0.25, -0.2) is 8.42 Å². The van der Waals surface area contributed by atoms with E-state index in [0.717, 1.165) is 22.9 Å². The number of hydrogen-bond donors (Lipinski definition) is 2. The SMILES string of the molecule is Cn1cc(-c2ccncc2C=CC(=O)Nc2cccc(NS(C)(=O)=O)c2)cn1. The Labute approximate surface area is 163 Å². The number of anilines is 2. The average molecular weight is 397 g/mol. The molecule has 3 aromatic rings. The maximum absolute atomic E-state index is 12.3. The van der Waals surface area contributed by atoms with Gasteiger partial charge in [0, 0.05) is 48.5 Å². The van der Waals surface area contributed by atoms with Crippen LogP contribution in [0, 0.1) is 0 Å². The molecule has 9 heteroatoms. The first kappa shape index (κ1) is 19.3. The molecule has 0 aliphatic rings. The van der Waals surface area contributed by atoms with Crippen molar-refractivity contribution in [1.29, 1.82) is 0 Å². The van der Waals surface area contributed by atoms with Gasteiger partial charge in [-0.15, -0.1) is 0 Å². The number of carbonyl (C=O) groups excluding carboxylic acids is 1. The van der Waals surface area contributed by atoms with Crippen molar-refractivity contribution >= 4 is 33.4 Å². The third-order valence-corrected chi connectivity index (χ3v) is 4.32. The lowest BCUT2D eigenvalue weighted by atomic mass is 10.0. The van der Waals surface area contributed by atoms with Crippen LogP contribution in [0.2, 0.25) is 0 Å². The molecule has 144 valence electrons. The lowest BCUT2D eigenvalue weighted by Gasteiger charge is -2.07. The molecule has 0 atom stereocenters. The standard InChI is InChI=1S/C19H19N5O3S/c1-24-13-15(12-21-24)18-8-9-20-11-14(18)6-7-19(25)22-16-4-3-5-17(10-16)23-28(2,26)27/h3-13,23H,1-2H3,(H,22,25). The molecule has 2 heterocycles. The second-order valence-electron chi connectivity index (χ2n) is 6.14. The minimum Gasteiger partial charge on any atom is -0.322 e. The van der Waals surface area contributed by atoms with Crippen molar-refractivity contribution in [2.75, 3.05) is 16.3 Å². The van der Waals surface area contributed by atoms with Crippen LogP contribution in [0.5, 0.6) is 0 Å². The number of rotatable bonds is 6. The van der Waals surface area contributed by atoms with Crippen molar-refractivity contribution in [3.05, 3.63) is 66.8 Å². The number of nitrogens with zero attached hydrogens (tertiary/aromatic N) is 3. The van der Waals surface area contributed by atoms with Crippen LogP contribution in [-0.4, -0.2) is 35.3 Å². The van der Waals surface area contributed by atoms with Gasteiger partial charge in [-0.05, 0) is 35.9 Å². The summed E-state index contributed by atoms with van der Waals surface area (Å²) in [5, 5.41) is 6.87. The summed E-state index contributed by atoms with van der Waals surface area (Å²) in [5.74, 6) is -0.350. The number of carbonyl (C=O) groups is 1. The zero-order valence-electron chi connectivity index (χ0n) is 15.3. The Bertz CT molecular complexity index is 1140. The monoisotopic (exact) mass is 397 g/mol. The summed E-state index contributed by atoms with van der Waals surface area (Å²) in [6.45, 7) is 0. The van der Waals surface area contributed by atoms with Crippen LogP contribution in [0.4, 0.5) is 11.4 Å². The Balaban J connectivity index is 1.74. The number of aromatic nitrogens is 3. The fourth-order valence-corrected chi connectivity index (χ4v) is 3.14. The van der Waals surface area contributed by atoms with Gasteiger partial charge in [0.05, 0.1) is 18.1 Å². The van der Waals surface area contributed by atoms with Gasteiger partial charge >= 0.3 is 0 Å². The van der Waals surface area contributed by atoms with Crippen molar-refractivity contribution in [1.82, 2.24) is 14.8 Å². The van der Waals surface area contributed by atoms with Crippen molar-refractivity contribution < 1.29 is 13.2 Å². The first-order valence-electron chi connectivity index (χ1n) is 8.30. The van der Waals surface area contributed by atoms with E-state index < -0.39 is 10.0 Å². The van der Waals surface area contributed by atoms with Gasteiger partial charge in [0.15, 0.2) is 0 Å². The van der Waals surface area contributed by atoms with Crippen LogP contribution in [-0.2, 0) is 21.9 Å². The van der Waals surface area contributed by atoms with Crippen LogP contribution >= 0.6 is 0 Å². The highest BCUT2D eigenvalue weighted by Gasteiger charge is 2.07. The van der Waals surface area contributed by atoms with Gasteiger partial charge in [-0.2, -0.15) is 5.10 Å². The van der Waals surface area contributed by atoms with Crippen molar-refractivity contribution in [2.24, 2.45) is 7.05 Å². The summed E-state index contributed by atoms with van der Waals surface area (Å²) in [5.41, 5.74) is 3.45. The second-order valence-corrected chi connectivity index (χ2v) is 7.89. The predicted molar refractivity (Wildman–Crippen MR) is 109 cm³/mol. The smallest absolute Gasteiger partial charge is 0.248 e. The molecule has 0 fully saturated rings. The molecule has 2 N–H and O–H groups in total.